The summed E-state index contributed by atoms with van der Waals surface area (Å²) in [5, 5.41) is 3.76. The van der Waals surface area contributed by atoms with Crippen LogP contribution in [0.1, 0.15) is 40.0 Å². The van der Waals surface area contributed by atoms with Crippen LogP contribution in [-0.4, -0.2) is 36.6 Å². The highest BCUT2D eigenvalue weighted by Gasteiger charge is 2.29. The van der Waals surface area contributed by atoms with Crippen molar-refractivity contribution >= 4 is 0 Å². The van der Waals surface area contributed by atoms with Crippen LogP contribution in [0, 0.1) is 11.8 Å². The summed E-state index contributed by atoms with van der Waals surface area (Å²) in [5.74, 6) is 1.80. The molecule has 0 bridgehead atoms. The summed E-state index contributed by atoms with van der Waals surface area (Å²) < 4.78 is 0. The van der Waals surface area contributed by atoms with Gasteiger partial charge in [0.1, 0.15) is 0 Å². The molecule has 0 spiro atoms. The fourth-order valence-corrected chi connectivity index (χ4v) is 2.36. The first-order valence-electron chi connectivity index (χ1n) is 6.63. The topological polar surface area (TPSA) is 15.3 Å². The first-order valence-corrected chi connectivity index (χ1v) is 6.63. The molecule has 2 atom stereocenters. The van der Waals surface area contributed by atoms with E-state index in [0.29, 0.717) is 6.04 Å². The average molecular weight is 210 g/mol. The normalized spacial score (nSPS) is 30.0. The van der Waals surface area contributed by atoms with Gasteiger partial charge in [0.25, 0.3) is 0 Å². The Bertz CT molecular complexity index is 199. The van der Waals surface area contributed by atoms with Gasteiger partial charge in [-0.1, -0.05) is 13.8 Å². The summed E-state index contributed by atoms with van der Waals surface area (Å²) in [6, 6.07) is 1.41. The van der Waals surface area contributed by atoms with Gasteiger partial charge in [-0.05, 0) is 44.6 Å². The fraction of sp³-hybridized carbons (Fsp3) is 1.00. The van der Waals surface area contributed by atoms with Crippen molar-refractivity contribution < 1.29 is 0 Å². The molecule has 2 rings (SSSR count). The largest absolute Gasteiger partial charge is 0.310 e. The molecule has 1 N–H and O–H groups in total. The Morgan fingerprint density at radius 3 is 2.53 bits per heavy atom. The molecule has 2 heteroatoms. The van der Waals surface area contributed by atoms with E-state index in [2.05, 4.69) is 31.0 Å². The average Bonchev–Trinajstić information content (AvgIpc) is 2.87. The molecule has 1 saturated carbocycles. The molecule has 0 aromatic heterocycles. The van der Waals surface area contributed by atoms with Crippen molar-refractivity contribution in [1.29, 1.82) is 0 Å². The third-order valence-electron chi connectivity index (χ3n) is 3.98. The smallest absolute Gasteiger partial charge is 0.0209 e. The molecular weight excluding hydrogens is 184 g/mol. The van der Waals surface area contributed by atoms with Gasteiger partial charge in [-0.25, -0.2) is 0 Å². The number of hydrogen-bond acceptors (Lipinski definition) is 2. The van der Waals surface area contributed by atoms with Crippen LogP contribution in [0.4, 0.5) is 0 Å². The minimum atomic E-state index is 0.663. The minimum Gasteiger partial charge on any atom is -0.310 e. The molecule has 1 aliphatic heterocycles. The SMILES string of the molecule is CC(C)C(C)NC1CCN(CC2CC2)C1. The summed E-state index contributed by atoms with van der Waals surface area (Å²) in [7, 11) is 0. The van der Waals surface area contributed by atoms with Gasteiger partial charge in [-0.2, -0.15) is 0 Å². The molecular formula is C13H26N2. The van der Waals surface area contributed by atoms with Crippen LogP contribution >= 0.6 is 0 Å². The zero-order chi connectivity index (χ0) is 10.8. The molecule has 15 heavy (non-hydrogen) atoms. The van der Waals surface area contributed by atoms with E-state index >= 15 is 0 Å². The lowest BCUT2D eigenvalue weighted by atomic mass is 10.1. The highest BCUT2D eigenvalue weighted by Crippen LogP contribution is 2.30. The van der Waals surface area contributed by atoms with E-state index in [1.54, 1.807) is 0 Å². The highest BCUT2D eigenvalue weighted by atomic mass is 15.2. The van der Waals surface area contributed by atoms with Crippen molar-refractivity contribution in [3.05, 3.63) is 0 Å². The minimum absolute atomic E-state index is 0.663. The summed E-state index contributed by atoms with van der Waals surface area (Å²) >= 11 is 0. The summed E-state index contributed by atoms with van der Waals surface area (Å²) in [6.07, 6.45) is 4.32. The van der Waals surface area contributed by atoms with Crippen molar-refractivity contribution in [2.45, 2.75) is 52.1 Å². The first-order chi connectivity index (χ1) is 7.15. The molecule has 0 radical (unpaired) electrons. The van der Waals surface area contributed by atoms with Crippen LogP contribution in [0.25, 0.3) is 0 Å². The van der Waals surface area contributed by atoms with E-state index < -0.39 is 0 Å². The van der Waals surface area contributed by atoms with Gasteiger partial charge in [0.2, 0.25) is 0 Å². The molecule has 0 amide bonds. The number of nitrogens with zero attached hydrogens (tertiary/aromatic N) is 1. The van der Waals surface area contributed by atoms with Gasteiger partial charge in [0.15, 0.2) is 0 Å². The Hall–Kier alpha value is -0.0800. The lowest BCUT2D eigenvalue weighted by Gasteiger charge is -2.23. The van der Waals surface area contributed by atoms with Crippen LogP contribution in [0.3, 0.4) is 0 Å². The fourth-order valence-electron chi connectivity index (χ4n) is 2.36. The second-order valence-electron chi connectivity index (χ2n) is 5.89. The quantitative estimate of drug-likeness (QED) is 0.747. The van der Waals surface area contributed by atoms with Gasteiger partial charge >= 0.3 is 0 Å². The Labute approximate surface area is 94.4 Å². The molecule has 1 saturated heterocycles. The standard InChI is InChI=1S/C13H26N2/c1-10(2)11(3)14-13-6-7-15(9-13)8-12-4-5-12/h10-14H,4-9H2,1-3H3. The Balaban J connectivity index is 1.67. The third kappa shape index (κ3) is 3.46. The molecule has 2 nitrogen and oxygen atoms in total. The van der Waals surface area contributed by atoms with Crippen molar-refractivity contribution in [3.63, 3.8) is 0 Å². The second kappa shape index (κ2) is 4.84. The van der Waals surface area contributed by atoms with Crippen LogP contribution in [0.2, 0.25) is 0 Å². The molecule has 2 fully saturated rings. The molecule has 1 heterocycles. The lowest BCUT2D eigenvalue weighted by Crippen LogP contribution is -2.41. The van der Waals surface area contributed by atoms with Gasteiger partial charge in [0.05, 0.1) is 0 Å². The van der Waals surface area contributed by atoms with E-state index in [1.165, 1.54) is 38.9 Å². The first kappa shape index (κ1) is 11.4. The van der Waals surface area contributed by atoms with Crippen LogP contribution in [0.15, 0.2) is 0 Å². The maximum absolute atomic E-state index is 3.76. The van der Waals surface area contributed by atoms with E-state index in [1.807, 2.05) is 0 Å². The summed E-state index contributed by atoms with van der Waals surface area (Å²) in [6.45, 7) is 10.9. The van der Waals surface area contributed by atoms with E-state index in [4.69, 9.17) is 0 Å². The van der Waals surface area contributed by atoms with Crippen molar-refractivity contribution in [2.24, 2.45) is 11.8 Å². The maximum atomic E-state index is 3.76. The van der Waals surface area contributed by atoms with Gasteiger partial charge in [0, 0.05) is 25.2 Å². The maximum Gasteiger partial charge on any atom is 0.0209 e. The monoisotopic (exact) mass is 210 g/mol. The van der Waals surface area contributed by atoms with Crippen molar-refractivity contribution in [1.82, 2.24) is 10.2 Å². The molecule has 2 aliphatic rings. The number of likely N-dealkylation sites (tertiary alicyclic amines) is 1. The van der Waals surface area contributed by atoms with Crippen LogP contribution < -0.4 is 5.32 Å². The van der Waals surface area contributed by atoms with Crippen LogP contribution in [-0.2, 0) is 0 Å². The van der Waals surface area contributed by atoms with Crippen LogP contribution in [0.5, 0.6) is 0 Å². The summed E-state index contributed by atoms with van der Waals surface area (Å²) in [5.41, 5.74) is 0. The predicted octanol–water partition coefficient (Wildman–Crippen LogP) is 2.10. The molecule has 0 aromatic carbocycles. The number of rotatable bonds is 5. The zero-order valence-electron chi connectivity index (χ0n) is 10.5. The zero-order valence-corrected chi connectivity index (χ0v) is 10.5. The number of hydrogen-bond donors (Lipinski definition) is 1. The molecule has 88 valence electrons. The van der Waals surface area contributed by atoms with Gasteiger partial charge < -0.3 is 10.2 Å². The predicted molar refractivity (Wildman–Crippen MR) is 65.0 cm³/mol. The van der Waals surface area contributed by atoms with Gasteiger partial charge in [-0.3, -0.25) is 0 Å². The Morgan fingerprint density at radius 2 is 1.93 bits per heavy atom. The van der Waals surface area contributed by atoms with E-state index in [9.17, 15) is 0 Å². The highest BCUT2D eigenvalue weighted by molar-refractivity contribution is 4.86. The Morgan fingerprint density at radius 1 is 1.20 bits per heavy atom. The molecule has 2 unspecified atom stereocenters. The third-order valence-corrected chi connectivity index (χ3v) is 3.98. The van der Waals surface area contributed by atoms with Crippen molar-refractivity contribution in [3.8, 4) is 0 Å². The number of nitrogens with one attached hydrogen (secondary N) is 1. The van der Waals surface area contributed by atoms with Crippen molar-refractivity contribution in [2.75, 3.05) is 19.6 Å². The van der Waals surface area contributed by atoms with E-state index in [0.717, 1.165) is 17.9 Å². The Kier molecular flexibility index (Phi) is 3.68. The second-order valence-corrected chi connectivity index (χ2v) is 5.89. The molecule has 0 aromatic rings. The van der Waals surface area contributed by atoms with Gasteiger partial charge in [-0.15, -0.1) is 0 Å². The van der Waals surface area contributed by atoms with E-state index in [-0.39, 0.29) is 0 Å². The lowest BCUT2D eigenvalue weighted by molar-refractivity contribution is 0.303. The molecule has 1 aliphatic carbocycles. The summed E-state index contributed by atoms with van der Waals surface area (Å²) in [4.78, 5) is 2.66.